The number of amides is 5. The Morgan fingerprint density at radius 3 is 2.35 bits per heavy atom. The molecule has 2 aromatic carbocycles. The summed E-state index contributed by atoms with van der Waals surface area (Å²) in [4.78, 5) is 48.8. The Bertz CT molecular complexity index is 951. The number of hydrazine groups is 1. The largest absolute Gasteiger partial charge is 0.445 e. The van der Waals surface area contributed by atoms with E-state index in [1.54, 1.807) is 37.3 Å². The number of carbonyl (C=O) groups is 4. The highest BCUT2D eigenvalue weighted by Crippen LogP contribution is 2.27. The molecule has 162 valence electrons. The number of nitrogens with one attached hydrogen (secondary N) is 3. The molecule has 0 saturated carbocycles. The van der Waals surface area contributed by atoms with Crippen molar-refractivity contribution >= 4 is 23.9 Å². The van der Waals surface area contributed by atoms with Crippen LogP contribution in [0.1, 0.15) is 30.9 Å². The summed E-state index contributed by atoms with van der Waals surface area (Å²) >= 11 is 0. The van der Waals surface area contributed by atoms with Crippen LogP contribution in [-0.2, 0) is 26.5 Å². The third-order valence-electron chi connectivity index (χ3n) is 4.84. The first-order chi connectivity index (χ1) is 14.9. The van der Waals surface area contributed by atoms with E-state index < -0.39 is 29.5 Å². The van der Waals surface area contributed by atoms with Gasteiger partial charge < -0.3 is 15.4 Å². The summed E-state index contributed by atoms with van der Waals surface area (Å²) < 4.78 is 5.08. The number of urea groups is 1. The minimum atomic E-state index is -1.25. The molecule has 1 unspecified atom stereocenters. The molecule has 0 aliphatic carbocycles. The number of alkyl carbamates (subject to hydrolysis) is 1. The zero-order valence-electron chi connectivity index (χ0n) is 17.1. The molecular weight excluding hydrogens is 400 g/mol. The summed E-state index contributed by atoms with van der Waals surface area (Å²) in [6.45, 7) is 1.95. The van der Waals surface area contributed by atoms with Crippen LogP contribution in [0.3, 0.4) is 0 Å². The average Bonchev–Trinajstić information content (AvgIpc) is 3.00. The third-order valence-corrected chi connectivity index (χ3v) is 4.84. The molecule has 1 heterocycles. The topological polar surface area (TPSA) is 117 Å². The molecule has 1 fully saturated rings. The van der Waals surface area contributed by atoms with Gasteiger partial charge in [-0.1, -0.05) is 60.7 Å². The molecular formula is C22H24N4O5. The zero-order chi connectivity index (χ0) is 22.3. The Labute approximate surface area is 179 Å². The van der Waals surface area contributed by atoms with Gasteiger partial charge in [0.05, 0.1) is 0 Å². The quantitative estimate of drug-likeness (QED) is 0.444. The number of rotatable bonds is 8. The van der Waals surface area contributed by atoms with Crippen LogP contribution >= 0.6 is 0 Å². The molecule has 0 radical (unpaired) electrons. The second-order valence-electron chi connectivity index (χ2n) is 7.19. The van der Waals surface area contributed by atoms with Crippen LogP contribution in [0.5, 0.6) is 0 Å². The predicted molar refractivity (Wildman–Crippen MR) is 111 cm³/mol. The lowest BCUT2D eigenvalue weighted by Gasteiger charge is -2.22. The lowest BCUT2D eigenvalue weighted by molar-refractivity contribution is -0.139. The highest BCUT2D eigenvalue weighted by atomic mass is 16.5. The number of hydrogen-bond acceptors (Lipinski definition) is 5. The van der Waals surface area contributed by atoms with Gasteiger partial charge in [-0.3, -0.25) is 15.0 Å². The molecule has 3 rings (SSSR count). The molecule has 0 bridgehead atoms. The van der Waals surface area contributed by atoms with Crippen LogP contribution in [0.25, 0.3) is 0 Å². The van der Waals surface area contributed by atoms with Crippen molar-refractivity contribution in [1.29, 1.82) is 0 Å². The Morgan fingerprint density at radius 2 is 1.68 bits per heavy atom. The third kappa shape index (κ3) is 5.39. The Hall–Kier alpha value is -3.88. The van der Waals surface area contributed by atoms with Gasteiger partial charge in [-0.2, -0.15) is 5.01 Å². The van der Waals surface area contributed by atoms with Crippen molar-refractivity contribution in [2.45, 2.75) is 31.9 Å². The molecule has 1 aliphatic heterocycles. The molecule has 31 heavy (non-hydrogen) atoms. The molecule has 9 nitrogen and oxygen atoms in total. The first kappa shape index (κ1) is 21.8. The van der Waals surface area contributed by atoms with Crippen LogP contribution in [0.4, 0.5) is 9.59 Å². The zero-order valence-corrected chi connectivity index (χ0v) is 17.1. The van der Waals surface area contributed by atoms with Gasteiger partial charge in [0, 0.05) is 13.0 Å². The summed E-state index contributed by atoms with van der Waals surface area (Å²) in [6, 6.07) is 17.3. The van der Waals surface area contributed by atoms with Gasteiger partial charge in [-0.15, -0.1) is 0 Å². The molecule has 5 amide bonds. The molecule has 0 aromatic heterocycles. The molecule has 9 heteroatoms. The first-order valence-corrected chi connectivity index (χ1v) is 9.86. The number of benzene rings is 2. The smallest absolute Gasteiger partial charge is 0.407 e. The fourth-order valence-corrected chi connectivity index (χ4v) is 3.10. The monoisotopic (exact) mass is 424 g/mol. The highest BCUT2D eigenvalue weighted by Gasteiger charge is 2.49. The van der Waals surface area contributed by atoms with Gasteiger partial charge in [0.25, 0.3) is 5.91 Å². The van der Waals surface area contributed by atoms with Crippen molar-refractivity contribution in [3.8, 4) is 0 Å². The van der Waals surface area contributed by atoms with Gasteiger partial charge in [0.1, 0.15) is 12.1 Å². The van der Waals surface area contributed by atoms with Crippen LogP contribution in [0.15, 0.2) is 60.7 Å². The maximum absolute atomic E-state index is 12.7. The number of ether oxygens (including phenoxy) is 1. The van der Waals surface area contributed by atoms with E-state index in [4.69, 9.17) is 4.74 Å². The minimum Gasteiger partial charge on any atom is -0.445 e. The van der Waals surface area contributed by atoms with E-state index in [1.165, 1.54) is 0 Å². The molecule has 1 atom stereocenters. The lowest BCUT2D eigenvalue weighted by atomic mass is 9.92. The maximum atomic E-state index is 12.7. The summed E-state index contributed by atoms with van der Waals surface area (Å²) in [5, 5.41) is 5.86. The Morgan fingerprint density at radius 1 is 1.03 bits per heavy atom. The number of imide groups is 1. The number of carbonyl (C=O) groups excluding carboxylic acids is 4. The van der Waals surface area contributed by atoms with E-state index in [2.05, 4.69) is 16.1 Å². The summed E-state index contributed by atoms with van der Waals surface area (Å²) in [6.07, 6.45) is -0.263. The van der Waals surface area contributed by atoms with Crippen molar-refractivity contribution in [3.05, 3.63) is 71.8 Å². The number of nitrogens with zero attached hydrogens (tertiary/aromatic N) is 1. The minimum absolute atomic E-state index is 0.0120. The van der Waals surface area contributed by atoms with Crippen molar-refractivity contribution in [2.24, 2.45) is 0 Å². The summed E-state index contributed by atoms with van der Waals surface area (Å²) in [5.41, 5.74) is 2.56. The van der Waals surface area contributed by atoms with Crippen LogP contribution in [-0.4, -0.2) is 35.5 Å². The second-order valence-corrected chi connectivity index (χ2v) is 7.19. The second kappa shape index (κ2) is 9.75. The lowest BCUT2D eigenvalue weighted by Crippen LogP contribution is -2.48. The van der Waals surface area contributed by atoms with Crippen LogP contribution < -0.4 is 16.1 Å². The average molecular weight is 424 g/mol. The van der Waals surface area contributed by atoms with Crippen LogP contribution in [0.2, 0.25) is 0 Å². The van der Waals surface area contributed by atoms with Gasteiger partial charge in [-0.05, 0) is 24.5 Å². The SMILES string of the molecule is CC1(c2ccccc2)NC(=O)N(NC(=O)CCCNC(=O)OCc2ccccc2)C1=O. The highest BCUT2D eigenvalue weighted by molar-refractivity contribution is 6.08. The molecule has 2 aromatic rings. The van der Waals surface area contributed by atoms with Gasteiger partial charge in [0.2, 0.25) is 5.91 Å². The summed E-state index contributed by atoms with van der Waals surface area (Å²) in [5.74, 6) is -1.08. The van der Waals surface area contributed by atoms with E-state index in [0.717, 1.165) is 5.56 Å². The van der Waals surface area contributed by atoms with Crippen molar-refractivity contribution in [1.82, 2.24) is 21.1 Å². The number of hydrogen-bond donors (Lipinski definition) is 3. The first-order valence-electron chi connectivity index (χ1n) is 9.86. The molecule has 0 spiro atoms. The van der Waals surface area contributed by atoms with E-state index in [0.29, 0.717) is 17.0 Å². The van der Waals surface area contributed by atoms with E-state index in [-0.39, 0.29) is 19.6 Å². The molecule has 3 N–H and O–H groups in total. The van der Waals surface area contributed by atoms with Crippen LogP contribution in [0, 0.1) is 0 Å². The molecule has 1 aliphatic rings. The van der Waals surface area contributed by atoms with Crippen molar-refractivity contribution in [2.75, 3.05) is 6.54 Å². The summed E-state index contributed by atoms with van der Waals surface area (Å²) in [7, 11) is 0. The van der Waals surface area contributed by atoms with Gasteiger partial charge in [-0.25, -0.2) is 9.59 Å². The van der Waals surface area contributed by atoms with Crippen molar-refractivity contribution < 1.29 is 23.9 Å². The standard InChI is InChI=1S/C22H24N4O5/c1-22(17-11-6-3-7-12-17)19(28)26(20(29)24-22)25-18(27)13-8-14-23-21(30)31-15-16-9-4-2-5-10-16/h2-7,9-12H,8,13-15H2,1H3,(H,23,30)(H,24,29)(H,25,27). The molecule has 1 saturated heterocycles. The van der Waals surface area contributed by atoms with E-state index >= 15 is 0 Å². The van der Waals surface area contributed by atoms with Crippen molar-refractivity contribution in [3.63, 3.8) is 0 Å². The van der Waals surface area contributed by atoms with E-state index in [1.807, 2.05) is 30.3 Å². The fraction of sp³-hybridized carbons (Fsp3) is 0.273. The van der Waals surface area contributed by atoms with Gasteiger partial charge >= 0.3 is 12.1 Å². The van der Waals surface area contributed by atoms with Gasteiger partial charge in [0.15, 0.2) is 0 Å². The maximum Gasteiger partial charge on any atom is 0.407 e. The Kier molecular flexibility index (Phi) is 6.86. The Balaban J connectivity index is 1.40. The fourth-order valence-electron chi connectivity index (χ4n) is 3.10. The normalized spacial score (nSPS) is 17.8. The van der Waals surface area contributed by atoms with E-state index in [9.17, 15) is 19.2 Å². The predicted octanol–water partition coefficient (Wildman–Crippen LogP) is 2.19.